The van der Waals surface area contributed by atoms with Gasteiger partial charge in [-0.15, -0.1) is 11.3 Å². The van der Waals surface area contributed by atoms with Crippen molar-refractivity contribution >= 4 is 48.5 Å². The first kappa shape index (κ1) is 33.4. The maximum atomic E-state index is 4.75. The van der Waals surface area contributed by atoms with E-state index in [2.05, 4.69) is 168 Å². The fourth-order valence-corrected chi connectivity index (χ4v) is 10.1. The summed E-state index contributed by atoms with van der Waals surface area (Å²) in [5, 5.41) is 2.55. The van der Waals surface area contributed by atoms with E-state index in [0.29, 0.717) is 0 Å². The van der Waals surface area contributed by atoms with Gasteiger partial charge in [0.05, 0.1) is 17.4 Å². The maximum absolute atomic E-state index is 4.75. The van der Waals surface area contributed by atoms with Gasteiger partial charge in [-0.2, -0.15) is 0 Å². The molecular weight excluding hydrogens is 713 g/mol. The van der Waals surface area contributed by atoms with Crippen molar-refractivity contribution < 1.29 is 0 Å². The molecule has 2 atom stereocenters. The second-order valence-electron chi connectivity index (χ2n) is 15.0. The highest BCUT2D eigenvalue weighted by Crippen LogP contribution is 2.55. The molecule has 0 saturated heterocycles. The summed E-state index contributed by atoms with van der Waals surface area (Å²) in [6.07, 6.45) is 14.8. The van der Waals surface area contributed by atoms with Gasteiger partial charge >= 0.3 is 0 Å². The largest absolute Gasteiger partial charge is 0.333 e. The summed E-state index contributed by atoms with van der Waals surface area (Å²) in [5.74, 6) is 0. The van der Waals surface area contributed by atoms with Gasteiger partial charge in [-0.05, 0) is 113 Å². The molecule has 0 bridgehead atoms. The Hall–Kier alpha value is -6.95. The fraction of sp³-hybridized carbons (Fsp3) is 0.0577. The predicted molar refractivity (Wildman–Crippen MR) is 238 cm³/mol. The van der Waals surface area contributed by atoms with Gasteiger partial charge in [-0.1, -0.05) is 97.1 Å². The molecule has 2 unspecified atom stereocenters. The van der Waals surface area contributed by atoms with Gasteiger partial charge < -0.3 is 4.90 Å². The molecule has 1 aliphatic carbocycles. The minimum atomic E-state index is -0.355. The molecule has 270 valence electrons. The van der Waals surface area contributed by atoms with Crippen LogP contribution in [-0.2, 0) is 5.41 Å². The zero-order valence-corrected chi connectivity index (χ0v) is 32.1. The average molecular weight is 749 g/mol. The quantitative estimate of drug-likeness (QED) is 0.170. The molecule has 0 N–H and O–H groups in total. The van der Waals surface area contributed by atoms with E-state index in [1.807, 2.05) is 54.3 Å². The molecule has 0 fully saturated rings. The Kier molecular flexibility index (Phi) is 7.83. The Morgan fingerprint density at radius 2 is 1.23 bits per heavy atom. The van der Waals surface area contributed by atoms with Gasteiger partial charge in [0, 0.05) is 78.4 Å². The Morgan fingerprint density at radius 1 is 0.561 bits per heavy atom. The summed E-state index contributed by atoms with van der Waals surface area (Å²) in [6.45, 7) is 2.41. The van der Waals surface area contributed by atoms with E-state index < -0.39 is 0 Å². The molecule has 11 rings (SSSR count). The van der Waals surface area contributed by atoms with Crippen molar-refractivity contribution in [2.75, 3.05) is 4.90 Å². The third-order valence-corrected chi connectivity index (χ3v) is 12.9. The molecule has 5 heteroatoms. The van der Waals surface area contributed by atoms with Crippen molar-refractivity contribution in [1.29, 1.82) is 0 Å². The van der Waals surface area contributed by atoms with Crippen molar-refractivity contribution in [3.8, 4) is 44.8 Å². The summed E-state index contributed by atoms with van der Waals surface area (Å²) in [5.41, 5.74) is 14.6. The third-order valence-electron chi connectivity index (χ3n) is 11.7. The third kappa shape index (κ3) is 5.54. The highest BCUT2D eigenvalue weighted by atomic mass is 32.1. The number of thiophene rings is 1. The molecule has 9 aromatic rings. The number of allylic oxidation sites excluding steroid dienone is 2. The van der Waals surface area contributed by atoms with Crippen LogP contribution in [0.25, 0.3) is 70.5 Å². The van der Waals surface area contributed by atoms with Crippen LogP contribution in [0.5, 0.6) is 0 Å². The lowest BCUT2D eigenvalue weighted by atomic mass is 9.72. The fourth-order valence-electron chi connectivity index (χ4n) is 8.99. The van der Waals surface area contributed by atoms with E-state index in [1.165, 1.54) is 64.9 Å². The number of aromatic nitrogens is 3. The van der Waals surface area contributed by atoms with E-state index in [1.54, 1.807) is 0 Å². The molecule has 4 aromatic heterocycles. The summed E-state index contributed by atoms with van der Waals surface area (Å²) in [7, 11) is 0. The topological polar surface area (TPSA) is 41.9 Å². The molecule has 2 aliphatic rings. The first-order valence-corrected chi connectivity index (χ1v) is 20.2. The average Bonchev–Trinajstić information content (AvgIpc) is 3.78. The molecule has 0 saturated carbocycles. The van der Waals surface area contributed by atoms with E-state index in [-0.39, 0.29) is 11.5 Å². The van der Waals surface area contributed by atoms with E-state index in [4.69, 9.17) is 9.97 Å². The van der Waals surface area contributed by atoms with Crippen LogP contribution >= 0.6 is 11.3 Å². The number of rotatable bonds is 6. The Labute approximate surface area is 335 Å². The summed E-state index contributed by atoms with van der Waals surface area (Å²) in [4.78, 5) is 16.5. The van der Waals surface area contributed by atoms with Crippen molar-refractivity contribution in [3.63, 3.8) is 0 Å². The van der Waals surface area contributed by atoms with Crippen LogP contribution in [-0.4, -0.2) is 21.0 Å². The minimum Gasteiger partial charge on any atom is -0.333 e. The number of anilines is 2. The molecule has 5 heterocycles. The van der Waals surface area contributed by atoms with E-state index >= 15 is 0 Å². The van der Waals surface area contributed by atoms with Crippen LogP contribution in [0.1, 0.15) is 18.1 Å². The Morgan fingerprint density at radius 3 is 1.95 bits per heavy atom. The molecule has 57 heavy (non-hydrogen) atoms. The lowest BCUT2D eigenvalue weighted by Crippen LogP contribution is -2.39. The van der Waals surface area contributed by atoms with Crippen molar-refractivity contribution in [2.45, 2.75) is 18.4 Å². The molecule has 0 radical (unpaired) electrons. The Balaban J connectivity index is 1.09. The lowest BCUT2D eigenvalue weighted by molar-refractivity contribution is 0.553. The second kappa shape index (κ2) is 13.4. The summed E-state index contributed by atoms with van der Waals surface area (Å²) < 4.78 is 2.57. The minimum absolute atomic E-state index is 0.0489. The molecular formula is C52H36N4S. The van der Waals surface area contributed by atoms with Crippen LogP contribution < -0.4 is 4.90 Å². The van der Waals surface area contributed by atoms with Crippen LogP contribution in [0.2, 0.25) is 0 Å². The molecule has 5 aromatic carbocycles. The molecule has 0 spiro atoms. The zero-order valence-electron chi connectivity index (χ0n) is 31.2. The zero-order chi connectivity index (χ0) is 37.9. The van der Waals surface area contributed by atoms with Crippen molar-refractivity contribution in [2.24, 2.45) is 0 Å². The Bertz CT molecular complexity index is 3040. The number of pyridine rings is 3. The van der Waals surface area contributed by atoms with Gasteiger partial charge in [-0.3, -0.25) is 15.0 Å². The van der Waals surface area contributed by atoms with Gasteiger partial charge in [0.2, 0.25) is 0 Å². The smallest absolute Gasteiger partial charge is 0.0708 e. The second-order valence-corrected chi connectivity index (χ2v) is 16.1. The van der Waals surface area contributed by atoms with Gasteiger partial charge in [0.1, 0.15) is 0 Å². The monoisotopic (exact) mass is 748 g/mol. The van der Waals surface area contributed by atoms with Gasteiger partial charge in [0.15, 0.2) is 0 Å². The number of benzene rings is 5. The molecule has 0 amide bonds. The van der Waals surface area contributed by atoms with Crippen molar-refractivity contribution in [1.82, 2.24) is 15.0 Å². The number of nitrogens with zero attached hydrogens (tertiary/aromatic N) is 4. The molecule has 4 nitrogen and oxygen atoms in total. The van der Waals surface area contributed by atoms with Crippen LogP contribution in [0, 0.1) is 0 Å². The highest BCUT2D eigenvalue weighted by Gasteiger charge is 2.47. The van der Waals surface area contributed by atoms with Gasteiger partial charge in [-0.25, -0.2) is 0 Å². The summed E-state index contributed by atoms with van der Waals surface area (Å²) >= 11 is 1.85. The first-order chi connectivity index (χ1) is 28.1. The van der Waals surface area contributed by atoms with Gasteiger partial charge in [0.25, 0.3) is 0 Å². The maximum Gasteiger partial charge on any atom is 0.0708 e. The number of hydrogen-bond donors (Lipinski definition) is 0. The SMILES string of the molecule is CC12C=C(c3ccccc3-c3ccccn3)C=CC1N(c1ccc3sc4ccc(-c5cccnc5)cc4c3c1)c1ccc(-c3ccccc3-c3ccccn3)cc12. The normalized spacial score (nSPS) is 17.1. The number of fused-ring (bicyclic) bond motifs is 6. The van der Waals surface area contributed by atoms with E-state index in [9.17, 15) is 0 Å². The van der Waals surface area contributed by atoms with Crippen molar-refractivity contribution in [3.05, 3.63) is 206 Å². The summed E-state index contributed by atoms with van der Waals surface area (Å²) in [6, 6.07) is 54.6. The van der Waals surface area contributed by atoms with E-state index in [0.717, 1.165) is 28.1 Å². The number of hydrogen-bond acceptors (Lipinski definition) is 5. The standard InChI is InChI=1S/C52H36N4S/c1-52-32-36(40-13-3-5-15-42(40)47-17-7-9-28-55-47)20-25-51(52)56(48-22-18-35(30-45(48)52)39-12-2-4-14-41(39)46-16-6-8-27-54-46)38-21-24-50-44(31-38)43-29-34(19-23-49(43)57-50)37-11-10-26-53-33-37/h2-33,51H,1H3. The predicted octanol–water partition coefficient (Wildman–Crippen LogP) is 13.3. The first-order valence-electron chi connectivity index (χ1n) is 19.4. The van der Waals surface area contributed by atoms with Crippen LogP contribution in [0.4, 0.5) is 11.4 Å². The molecule has 1 aliphatic heterocycles. The highest BCUT2D eigenvalue weighted by molar-refractivity contribution is 7.25. The van der Waals surface area contributed by atoms with Crippen LogP contribution in [0.15, 0.2) is 195 Å². The van der Waals surface area contributed by atoms with Crippen LogP contribution in [0.3, 0.4) is 0 Å². The lowest BCUT2D eigenvalue weighted by Gasteiger charge is -2.36.